The molecule has 0 aliphatic rings. The zero-order chi connectivity index (χ0) is 13.8. The van der Waals surface area contributed by atoms with Gasteiger partial charge in [-0.25, -0.2) is 0 Å². The molecule has 0 bridgehead atoms. The van der Waals surface area contributed by atoms with E-state index in [2.05, 4.69) is 31.9 Å². The van der Waals surface area contributed by atoms with Gasteiger partial charge in [0.15, 0.2) is 0 Å². The monoisotopic (exact) mass is 383 g/mol. The number of hydrogen-bond acceptors (Lipinski definition) is 2. The molecule has 0 aliphatic heterocycles. The lowest BCUT2D eigenvalue weighted by Gasteiger charge is -2.24. The molecule has 0 amide bonds. The van der Waals surface area contributed by atoms with Crippen molar-refractivity contribution in [3.8, 4) is 5.75 Å². The molecule has 0 spiro atoms. The third-order valence-corrected chi connectivity index (χ3v) is 4.02. The van der Waals surface area contributed by atoms with Gasteiger partial charge in [0.1, 0.15) is 11.9 Å². The minimum Gasteiger partial charge on any atom is -0.484 e. The highest BCUT2D eigenvalue weighted by Crippen LogP contribution is 2.30. The Bertz CT molecular complexity index is 540. The van der Waals surface area contributed by atoms with E-state index in [0.29, 0.717) is 0 Å². The zero-order valence-corrected chi connectivity index (χ0v) is 13.7. The van der Waals surface area contributed by atoms with Crippen LogP contribution in [-0.2, 0) is 0 Å². The number of nitrogens with two attached hydrogens (primary N) is 1. The zero-order valence-electron chi connectivity index (χ0n) is 10.5. The van der Waals surface area contributed by atoms with Crippen LogP contribution in [0.5, 0.6) is 5.75 Å². The Hall–Kier alpha value is -0.840. The van der Waals surface area contributed by atoms with Gasteiger partial charge in [0.25, 0.3) is 0 Å². The van der Waals surface area contributed by atoms with Crippen molar-refractivity contribution in [2.24, 2.45) is 5.73 Å². The summed E-state index contributed by atoms with van der Waals surface area (Å²) in [6.45, 7) is 1.95. The summed E-state index contributed by atoms with van der Waals surface area (Å²) in [5, 5.41) is 0. The van der Waals surface area contributed by atoms with Crippen LogP contribution in [0.25, 0.3) is 0 Å². The summed E-state index contributed by atoms with van der Waals surface area (Å²) in [4.78, 5) is 0. The molecule has 4 heteroatoms. The van der Waals surface area contributed by atoms with Crippen LogP contribution in [-0.4, -0.2) is 6.04 Å². The van der Waals surface area contributed by atoms with Gasteiger partial charge in [-0.15, -0.1) is 0 Å². The van der Waals surface area contributed by atoms with Crippen molar-refractivity contribution in [1.29, 1.82) is 0 Å². The molecule has 2 rings (SSSR count). The van der Waals surface area contributed by atoms with Crippen LogP contribution in [0.1, 0.15) is 18.6 Å². The summed E-state index contributed by atoms with van der Waals surface area (Å²) in [6, 6.07) is 15.6. The first-order chi connectivity index (χ1) is 9.08. The minimum atomic E-state index is -0.184. The van der Waals surface area contributed by atoms with Crippen molar-refractivity contribution >= 4 is 31.9 Å². The maximum Gasteiger partial charge on any atom is 0.140 e. The highest BCUT2D eigenvalue weighted by atomic mass is 79.9. The number of halogens is 2. The van der Waals surface area contributed by atoms with Crippen molar-refractivity contribution in [2.45, 2.75) is 19.1 Å². The lowest BCUT2D eigenvalue weighted by Crippen LogP contribution is -2.29. The van der Waals surface area contributed by atoms with E-state index in [1.54, 1.807) is 0 Å². The Labute approximate surface area is 130 Å². The van der Waals surface area contributed by atoms with E-state index in [4.69, 9.17) is 10.5 Å². The Morgan fingerprint density at radius 2 is 1.63 bits per heavy atom. The third kappa shape index (κ3) is 3.81. The topological polar surface area (TPSA) is 35.2 Å². The molecule has 2 unspecified atom stereocenters. The predicted octanol–water partition coefficient (Wildman–Crippen LogP) is 4.68. The molecular weight excluding hydrogens is 370 g/mol. The fourth-order valence-corrected chi connectivity index (χ4v) is 2.59. The molecule has 2 nitrogen and oxygen atoms in total. The number of hydrogen-bond donors (Lipinski definition) is 1. The number of ether oxygens (including phenoxy) is 1. The second-order valence-electron chi connectivity index (χ2n) is 4.37. The van der Waals surface area contributed by atoms with E-state index in [1.807, 2.05) is 55.5 Å². The van der Waals surface area contributed by atoms with Gasteiger partial charge in [-0.3, -0.25) is 0 Å². The van der Waals surface area contributed by atoms with Gasteiger partial charge < -0.3 is 10.5 Å². The molecule has 100 valence electrons. The summed E-state index contributed by atoms with van der Waals surface area (Å²) in [7, 11) is 0. The van der Waals surface area contributed by atoms with E-state index < -0.39 is 0 Å². The van der Waals surface area contributed by atoms with Gasteiger partial charge >= 0.3 is 0 Å². The smallest absolute Gasteiger partial charge is 0.140 e. The normalized spacial score (nSPS) is 13.9. The maximum atomic E-state index is 6.06. The Morgan fingerprint density at radius 3 is 2.21 bits per heavy atom. The Morgan fingerprint density at radius 1 is 1.00 bits per heavy atom. The molecule has 0 heterocycles. The lowest BCUT2D eigenvalue weighted by molar-refractivity contribution is 0.179. The van der Waals surface area contributed by atoms with Crippen molar-refractivity contribution in [3.05, 3.63) is 63.0 Å². The second-order valence-corrected chi connectivity index (χ2v) is 6.14. The standard InChI is InChI=1S/C15H15Br2NO/c1-10(18)15(13-4-2-3-5-14(13)17)19-12-8-6-11(16)7-9-12/h2-10,15H,18H2,1H3. The van der Waals surface area contributed by atoms with Crippen LogP contribution >= 0.6 is 31.9 Å². The van der Waals surface area contributed by atoms with Crippen molar-refractivity contribution in [1.82, 2.24) is 0 Å². The van der Waals surface area contributed by atoms with Gasteiger partial charge in [-0.05, 0) is 37.3 Å². The molecule has 0 fully saturated rings. The Balaban J connectivity index is 2.27. The van der Waals surface area contributed by atoms with Crippen LogP contribution in [0.3, 0.4) is 0 Å². The first-order valence-electron chi connectivity index (χ1n) is 6.00. The SMILES string of the molecule is CC(N)C(Oc1ccc(Br)cc1)c1ccccc1Br. The van der Waals surface area contributed by atoms with E-state index in [9.17, 15) is 0 Å². The van der Waals surface area contributed by atoms with Gasteiger partial charge in [0, 0.05) is 20.6 Å². The molecule has 2 aromatic rings. The number of rotatable bonds is 4. The summed E-state index contributed by atoms with van der Waals surface area (Å²) in [6.07, 6.45) is -0.184. The summed E-state index contributed by atoms with van der Waals surface area (Å²) >= 11 is 6.96. The highest BCUT2D eigenvalue weighted by molar-refractivity contribution is 9.10. The Kier molecular flexibility index (Phi) is 5.02. The van der Waals surface area contributed by atoms with Gasteiger partial charge in [0.05, 0.1) is 0 Å². The second kappa shape index (κ2) is 6.55. The van der Waals surface area contributed by atoms with Crippen LogP contribution < -0.4 is 10.5 Å². The summed E-state index contributed by atoms with van der Waals surface area (Å²) in [5.74, 6) is 0.807. The highest BCUT2D eigenvalue weighted by Gasteiger charge is 2.20. The van der Waals surface area contributed by atoms with Crippen molar-refractivity contribution in [2.75, 3.05) is 0 Å². The van der Waals surface area contributed by atoms with E-state index in [-0.39, 0.29) is 12.1 Å². The van der Waals surface area contributed by atoms with Gasteiger partial charge in [-0.1, -0.05) is 50.1 Å². The maximum absolute atomic E-state index is 6.06. The molecule has 0 radical (unpaired) electrons. The quantitative estimate of drug-likeness (QED) is 0.830. The minimum absolute atomic E-state index is 0.109. The molecule has 0 saturated carbocycles. The van der Waals surface area contributed by atoms with Crippen LogP contribution in [0.15, 0.2) is 57.5 Å². The molecule has 0 aliphatic carbocycles. The van der Waals surface area contributed by atoms with E-state index >= 15 is 0 Å². The lowest BCUT2D eigenvalue weighted by atomic mass is 10.0. The third-order valence-electron chi connectivity index (χ3n) is 2.77. The fourth-order valence-electron chi connectivity index (χ4n) is 1.82. The molecule has 0 aromatic heterocycles. The van der Waals surface area contributed by atoms with Crippen molar-refractivity contribution < 1.29 is 4.74 Å². The van der Waals surface area contributed by atoms with Gasteiger partial charge in [0.2, 0.25) is 0 Å². The average Bonchev–Trinajstić information content (AvgIpc) is 2.39. The van der Waals surface area contributed by atoms with Crippen LogP contribution in [0.2, 0.25) is 0 Å². The van der Waals surface area contributed by atoms with Crippen LogP contribution in [0, 0.1) is 0 Å². The summed E-state index contributed by atoms with van der Waals surface area (Å²) in [5.41, 5.74) is 7.12. The largest absolute Gasteiger partial charge is 0.484 e. The van der Waals surface area contributed by atoms with E-state index in [0.717, 1.165) is 20.3 Å². The first-order valence-corrected chi connectivity index (χ1v) is 7.59. The molecular formula is C15H15Br2NO. The van der Waals surface area contributed by atoms with E-state index in [1.165, 1.54) is 0 Å². The number of benzene rings is 2. The molecule has 0 saturated heterocycles. The fraction of sp³-hybridized carbons (Fsp3) is 0.200. The molecule has 2 atom stereocenters. The molecule has 2 N–H and O–H groups in total. The first kappa shape index (κ1) is 14.6. The predicted molar refractivity (Wildman–Crippen MR) is 85.3 cm³/mol. The summed E-state index contributed by atoms with van der Waals surface area (Å²) < 4.78 is 8.06. The molecule has 19 heavy (non-hydrogen) atoms. The molecule has 2 aromatic carbocycles. The van der Waals surface area contributed by atoms with Crippen molar-refractivity contribution in [3.63, 3.8) is 0 Å². The van der Waals surface area contributed by atoms with Gasteiger partial charge in [-0.2, -0.15) is 0 Å². The van der Waals surface area contributed by atoms with Crippen LogP contribution in [0.4, 0.5) is 0 Å². The average molecular weight is 385 g/mol.